The van der Waals surface area contributed by atoms with Crippen LogP contribution in [0.4, 0.5) is 17.1 Å². The average Bonchev–Trinajstić information content (AvgIpc) is 3.42. The van der Waals surface area contributed by atoms with Gasteiger partial charge in [-0.2, -0.15) is 0 Å². The van der Waals surface area contributed by atoms with Crippen molar-refractivity contribution in [3.8, 4) is 44.5 Å². The maximum atomic E-state index is 2.47. The van der Waals surface area contributed by atoms with Gasteiger partial charge in [-0.25, -0.2) is 0 Å². The fraction of sp³-hybridized carbons (Fsp3) is 0.0612. The van der Waals surface area contributed by atoms with Gasteiger partial charge in [0.25, 0.3) is 0 Å². The summed E-state index contributed by atoms with van der Waals surface area (Å²) in [5.41, 5.74) is 16.0. The van der Waals surface area contributed by atoms with Crippen LogP contribution in [0.2, 0.25) is 0 Å². The molecule has 50 heavy (non-hydrogen) atoms. The van der Waals surface area contributed by atoms with Crippen LogP contribution in [0.1, 0.15) is 25.0 Å². The van der Waals surface area contributed by atoms with Crippen molar-refractivity contribution in [1.82, 2.24) is 0 Å². The third-order valence-corrected chi connectivity index (χ3v) is 10.5. The molecule has 0 fully saturated rings. The lowest BCUT2D eigenvalue weighted by Crippen LogP contribution is -2.15. The number of nitrogens with zero attached hydrogens (tertiary/aromatic N) is 1. The smallest absolute Gasteiger partial charge is 0.0540 e. The molecule has 1 heteroatoms. The van der Waals surface area contributed by atoms with E-state index in [9.17, 15) is 0 Å². The summed E-state index contributed by atoms with van der Waals surface area (Å²) in [6, 6.07) is 68.6. The molecule has 0 aromatic heterocycles. The van der Waals surface area contributed by atoms with Gasteiger partial charge in [0.05, 0.1) is 11.4 Å². The lowest BCUT2D eigenvalue weighted by Gasteiger charge is -2.30. The molecule has 1 aliphatic carbocycles. The van der Waals surface area contributed by atoms with E-state index in [0.29, 0.717) is 0 Å². The minimum atomic E-state index is -0.0760. The van der Waals surface area contributed by atoms with E-state index < -0.39 is 0 Å². The van der Waals surface area contributed by atoms with Gasteiger partial charge in [0.15, 0.2) is 0 Å². The van der Waals surface area contributed by atoms with Gasteiger partial charge < -0.3 is 4.90 Å². The minimum absolute atomic E-state index is 0.0760. The van der Waals surface area contributed by atoms with Crippen molar-refractivity contribution in [2.24, 2.45) is 0 Å². The molecule has 1 aliphatic rings. The molecule has 0 heterocycles. The van der Waals surface area contributed by atoms with Crippen LogP contribution in [-0.4, -0.2) is 0 Å². The molecular formula is C49H37N. The third-order valence-electron chi connectivity index (χ3n) is 10.5. The second kappa shape index (κ2) is 12.1. The molecule has 1 nitrogen and oxygen atoms in total. The first kappa shape index (κ1) is 29.9. The van der Waals surface area contributed by atoms with Gasteiger partial charge in [0.2, 0.25) is 0 Å². The first-order chi connectivity index (χ1) is 24.6. The summed E-state index contributed by atoms with van der Waals surface area (Å²) in [5.74, 6) is 0. The van der Waals surface area contributed by atoms with E-state index in [1.165, 1.54) is 66.4 Å². The molecule has 0 aliphatic heterocycles. The summed E-state index contributed by atoms with van der Waals surface area (Å²) >= 11 is 0. The molecule has 0 amide bonds. The Hall–Kier alpha value is -6.18. The first-order valence-corrected chi connectivity index (χ1v) is 17.4. The topological polar surface area (TPSA) is 3.24 Å². The van der Waals surface area contributed by atoms with E-state index in [1.807, 2.05) is 0 Å². The molecule has 0 saturated carbocycles. The Kier molecular flexibility index (Phi) is 7.21. The van der Waals surface area contributed by atoms with Gasteiger partial charge >= 0.3 is 0 Å². The van der Waals surface area contributed by atoms with Crippen molar-refractivity contribution in [2.45, 2.75) is 19.3 Å². The molecule has 0 atom stereocenters. The minimum Gasteiger partial charge on any atom is -0.309 e. The highest BCUT2D eigenvalue weighted by Crippen LogP contribution is 2.54. The highest BCUT2D eigenvalue weighted by atomic mass is 15.1. The Morgan fingerprint density at radius 1 is 0.360 bits per heavy atom. The number of anilines is 3. The molecule has 8 aromatic rings. The van der Waals surface area contributed by atoms with Gasteiger partial charge in [-0.3, -0.25) is 0 Å². The highest BCUT2D eigenvalue weighted by Gasteiger charge is 2.37. The Morgan fingerprint density at radius 3 is 1.68 bits per heavy atom. The van der Waals surface area contributed by atoms with Crippen LogP contribution in [0, 0.1) is 0 Å². The molecule has 0 N–H and O–H groups in total. The van der Waals surface area contributed by atoms with E-state index in [2.05, 4.69) is 207 Å². The van der Waals surface area contributed by atoms with E-state index in [1.54, 1.807) is 0 Å². The number of rotatable bonds is 6. The predicted octanol–water partition coefficient (Wildman–Crippen LogP) is 13.6. The van der Waals surface area contributed by atoms with E-state index >= 15 is 0 Å². The van der Waals surface area contributed by atoms with Gasteiger partial charge in [-0.15, -0.1) is 0 Å². The van der Waals surface area contributed by atoms with Crippen molar-refractivity contribution in [3.05, 3.63) is 199 Å². The number of hydrogen-bond acceptors (Lipinski definition) is 1. The Labute approximate surface area is 294 Å². The standard InChI is InChI=1S/C49H37N/c1-49(2)44-23-11-8-21-43(44)48-42(22-14-24-45(48)49)41-20-10-13-26-47(41)50(39-32-31-35-17-6-7-18-38(35)33-39)46-25-12-9-19-40(46)37-29-27-36(28-30-37)34-15-4-3-5-16-34/h3-33H,1-2H3. The van der Waals surface area contributed by atoms with Crippen molar-refractivity contribution in [2.75, 3.05) is 4.90 Å². The van der Waals surface area contributed by atoms with Crippen molar-refractivity contribution < 1.29 is 0 Å². The summed E-state index contributed by atoms with van der Waals surface area (Å²) in [6.07, 6.45) is 0. The Bertz CT molecular complexity index is 2510. The Morgan fingerprint density at radius 2 is 0.900 bits per heavy atom. The lowest BCUT2D eigenvalue weighted by molar-refractivity contribution is 0.660. The quantitative estimate of drug-likeness (QED) is 0.175. The summed E-state index contributed by atoms with van der Waals surface area (Å²) in [4.78, 5) is 2.47. The SMILES string of the molecule is CC1(C)c2ccccc2-c2c(-c3ccccc3N(c3ccc4ccccc4c3)c3ccccc3-c3ccc(-c4ccccc4)cc3)cccc21. The second-order valence-electron chi connectivity index (χ2n) is 13.7. The van der Waals surface area contributed by atoms with Crippen LogP contribution in [-0.2, 0) is 5.41 Å². The lowest BCUT2D eigenvalue weighted by atomic mass is 9.82. The predicted molar refractivity (Wildman–Crippen MR) is 213 cm³/mol. The van der Waals surface area contributed by atoms with Crippen molar-refractivity contribution in [1.29, 1.82) is 0 Å². The maximum absolute atomic E-state index is 2.47. The van der Waals surface area contributed by atoms with Crippen LogP contribution in [0.5, 0.6) is 0 Å². The fourth-order valence-electron chi connectivity index (χ4n) is 7.98. The van der Waals surface area contributed by atoms with Crippen LogP contribution < -0.4 is 4.90 Å². The van der Waals surface area contributed by atoms with E-state index in [-0.39, 0.29) is 5.41 Å². The van der Waals surface area contributed by atoms with Crippen LogP contribution >= 0.6 is 0 Å². The largest absolute Gasteiger partial charge is 0.309 e. The fourth-order valence-corrected chi connectivity index (χ4v) is 7.98. The Balaban J connectivity index is 1.27. The zero-order valence-corrected chi connectivity index (χ0v) is 28.3. The zero-order valence-electron chi connectivity index (χ0n) is 28.3. The molecule has 0 spiro atoms. The van der Waals surface area contributed by atoms with Crippen LogP contribution in [0.25, 0.3) is 55.3 Å². The number of hydrogen-bond donors (Lipinski definition) is 0. The van der Waals surface area contributed by atoms with Gasteiger partial charge in [0.1, 0.15) is 0 Å². The number of para-hydroxylation sites is 2. The monoisotopic (exact) mass is 639 g/mol. The average molecular weight is 640 g/mol. The van der Waals surface area contributed by atoms with Gasteiger partial charge in [-0.05, 0) is 79.5 Å². The van der Waals surface area contributed by atoms with Crippen LogP contribution in [0.15, 0.2) is 188 Å². The summed E-state index contributed by atoms with van der Waals surface area (Å²) in [7, 11) is 0. The van der Waals surface area contributed by atoms with Crippen LogP contribution in [0.3, 0.4) is 0 Å². The van der Waals surface area contributed by atoms with E-state index in [4.69, 9.17) is 0 Å². The summed E-state index contributed by atoms with van der Waals surface area (Å²) < 4.78 is 0. The highest BCUT2D eigenvalue weighted by molar-refractivity contribution is 6.00. The molecule has 0 saturated heterocycles. The maximum Gasteiger partial charge on any atom is 0.0540 e. The summed E-state index contributed by atoms with van der Waals surface area (Å²) in [6.45, 7) is 4.71. The zero-order chi connectivity index (χ0) is 33.7. The summed E-state index contributed by atoms with van der Waals surface area (Å²) in [5, 5.41) is 2.45. The van der Waals surface area contributed by atoms with Crippen molar-refractivity contribution >= 4 is 27.8 Å². The molecule has 238 valence electrons. The first-order valence-electron chi connectivity index (χ1n) is 17.4. The number of benzene rings is 8. The van der Waals surface area contributed by atoms with Crippen molar-refractivity contribution in [3.63, 3.8) is 0 Å². The van der Waals surface area contributed by atoms with Gasteiger partial charge in [-0.1, -0.05) is 178 Å². The molecule has 0 unspecified atom stereocenters. The van der Waals surface area contributed by atoms with E-state index in [0.717, 1.165) is 17.1 Å². The number of fused-ring (bicyclic) bond motifs is 4. The molecule has 9 rings (SSSR count). The molecule has 8 aromatic carbocycles. The molecule has 0 radical (unpaired) electrons. The normalized spacial score (nSPS) is 12.8. The van der Waals surface area contributed by atoms with Gasteiger partial charge in [0, 0.05) is 22.2 Å². The third kappa shape index (κ3) is 4.94. The molecule has 0 bridgehead atoms. The second-order valence-corrected chi connectivity index (χ2v) is 13.7. The molecular weight excluding hydrogens is 603 g/mol.